The molecule has 3 rings (SSSR count). The molecular formula is C16H18BrCl2N3O2. The summed E-state index contributed by atoms with van der Waals surface area (Å²) in [6, 6.07) is 11.1. The summed E-state index contributed by atoms with van der Waals surface area (Å²) in [4.78, 5) is 16.3. The molecule has 5 nitrogen and oxygen atoms in total. The lowest BCUT2D eigenvalue weighted by Crippen LogP contribution is -2.36. The van der Waals surface area contributed by atoms with E-state index in [0.29, 0.717) is 17.2 Å². The Morgan fingerprint density at radius 3 is 2.75 bits per heavy atom. The van der Waals surface area contributed by atoms with Crippen molar-refractivity contribution in [1.29, 1.82) is 0 Å². The Morgan fingerprint density at radius 2 is 2.12 bits per heavy atom. The number of rotatable bonds is 4. The topological polar surface area (TPSA) is 63.2 Å². The summed E-state index contributed by atoms with van der Waals surface area (Å²) in [5.41, 5.74) is 0.536. The molecule has 2 N–H and O–H groups in total. The summed E-state index contributed by atoms with van der Waals surface area (Å²) in [7, 11) is 0. The van der Waals surface area contributed by atoms with Gasteiger partial charge in [0, 0.05) is 29.3 Å². The lowest BCUT2D eigenvalue weighted by molar-refractivity contribution is 0.0939. The van der Waals surface area contributed by atoms with Gasteiger partial charge in [-0.1, -0.05) is 22.0 Å². The van der Waals surface area contributed by atoms with Gasteiger partial charge in [-0.15, -0.1) is 24.8 Å². The van der Waals surface area contributed by atoms with Crippen LogP contribution >= 0.6 is 40.7 Å². The number of pyridine rings is 1. The Balaban J connectivity index is 0.00000144. The molecule has 2 heterocycles. The molecule has 1 saturated heterocycles. The Bertz CT molecular complexity index is 665. The first-order chi connectivity index (χ1) is 10.7. The minimum absolute atomic E-state index is 0. The third kappa shape index (κ3) is 5.63. The van der Waals surface area contributed by atoms with Crippen LogP contribution in [0.4, 0.5) is 0 Å². The van der Waals surface area contributed by atoms with Gasteiger partial charge >= 0.3 is 0 Å². The Morgan fingerprint density at radius 1 is 1.29 bits per heavy atom. The zero-order chi connectivity index (χ0) is 15.4. The van der Waals surface area contributed by atoms with Gasteiger partial charge in [-0.05, 0) is 37.2 Å². The summed E-state index contributed by atoms with van der Waals surface area (Å²) in [6.07, 6.45) is 2.49. The molecule has 2 aromatic rings. The molecule has 1 atom stereocenters. The number of aromatic nitrogens is 1. The lowest BCUT2D eigenvalue weighted by atomic mass is 10.2. The third-order valence-electron chi connectivity index (χ3n) is 3.41. The predicted octanol–water partition coefficient (Wildman–Crippen LogP) is 3.57. The maximum absolute atomic E-state index is 12.1. The van der Waals surface area contributed by atoms with E-state index >= 15 is 0 Å². The van der Waals surface area contributed by atoms with Gasteiger partial charge in [0.1, 0.15) is 5.75 Å². The number of ether oxygens (including phenoxy) is 1. The minimum Gasteiger partial charge on any atom is -0.439 e. The first-order valence-corrected chi connectivity index (χ1v) is 7.91. The molecule has 24 heavy (non-hydrogen) atoms. The smallest absolute Gasteiger partial charge is 0.253 e. The van der Waals surface area contributed by atoms with Crippen molar-refractivity contribution in [2.45, 2.75) is 12.5 Å². The number of amides is 1. The van der Waals surface area contributed by atoms with Crippen LogP contribution in [0.15, 0.2) is 47.1 Å². The van der Waals surface area contributed by atoms with E-state index in [4.69, 9.17) is 4.74 Å². The van der Waals surface area contributed by atoms with E-state index in [0.717, 1.165) is 24.0 Å². The molecule has 0 spiro atoms. The second-order valence-electron chi connectivity index (χ2n) is 5.11. The zero-order valence-corrected chi connectivity index (χ0v) is 15.9. The third-order valence-corrected chi connectivity index (χ3v) is 3.91. The van der Waals surface area contributed by atoms with Gasteiger partial charge in [-0.2, -0.15) is 0 Å². The maximum atomic E-state index is 12.1. The summed E-state index contributed by atoms with van der Waals surface area (Å²) >= 11 is 3.39. The number of hydrogen-bond donors (Lipinski definition) is 2. The largest absolute Gasteiger partial charge is 0.439 e. The molecule has 1 fully saturated rings. The first-order valence-electron chi connectivity index (χ1n) is 7.12. The molecule has 1 aromatic carbocycles. The Kier molecular flexibility index (Phi) is 8.48. The van der Waals surface area contributed by atoms with Crippen LogP contribution in [0.3, 0.4) is 0 Å². The second kappa shape index (κ2) is 9.84. The average Bonchev–Trinajstić information content (AvgIpc) is 3.01. The van der Waals surface area contributed by atoms with Crippen molar-refractivity contribution >= 4 is 46.7 Å². The highest BCUT2D eigenvalue weighted by Gasteiger charge is 2.17. The van der Waals surface area contributed by atoms with Gasteiger partial charge in [0.05, 0.1) is 5.56 Å². The quantitative estimate of drug-likeness (QED) is 0.771. The van der Waals surface area contributed by atoms with Crippen molar-refractivity contribution < 1.29 is 9.53 Å². The van der Waals surface area contributed by atoms with Gasteiger partial charge in [-0.3, -0.25) is 4.79 Å². The van der Waals surface area contributed by atoms with Gasteiger partial charge in [0.15, 0.2) is 0 Å². The van der Waals surface area contributed by atoms with Gasteiger partial charge in [0.25, 0.3) is 5.91 Å². The van der Waals surface area contributed by atoms with E-state index in [2.05, 4.69) is 31.5 Å². The van der Waals surface area contributed by atoms with Crippen molar-refractivity contribution in [3.63, 3.8) is 0 Å². The number of benzene rings is 1. The van der Waals surface area contributed by atoms with Gasteiger partial charge in [0.2, 0.25) is 5.88 Å². The van der Waals surface area contributed by atoms with Gasteiger partial charge in [-0.25, -0.2) is 4.98 Å². The lowest BCUT2D eigenvalue weighted by Gasteiger charge is -2.11. The van der Waals surface area contributed by atoms with Crippen LogP contribution < -0.4 is 15.4 Å². The number of carbonyl (C=O) groups is 1. The maximum Gasteiger partial charge on any atom is 0.253 e. The minimum atomic E-state index is -0.102. The molecule has 8 heteroatoms. The Labute approximate surface area is 161 Å². The van der Waals surface area contributed by atoms with E-state index in [-0.39, 0.29) is 36.8 Å². The highest BCUT2D eigenvalue weighted by atomic mass is 79.9. The molecule has 0 aliphatic carbocycles. The van der Waals surface area contributed by atoms with E-state index in [1.165, 1.54) is 6.20 Å². The molecule has 1 amide bonds. The summed E-state index contributed by atoms with van der Waals surface area (Å²) in [6.45, 7) is 1.77. The number of nitrogens with one attached hydrogen (secondary N) is 2. The van der Waals surface area contributed by atoms with Crippen molar-refractivity contribution in [3.8, 4) is 11.6 Å². The fraction of sp³-hybridized carbons (Fsp3) is 0.250. The summed E-state index contributed by atoms with van der Waals surface area (Å²) in [5.74, 6) is 1.04. The number of halogens is 3. The molecular weight excluding hydrogens is 417 g/mol. The normalized spacial score (nSPS) is 15.8. The van der Waals surface area contributed by atoms with Crippen LogP contribution in [0, 0.1) is 0 Å². The first kappa shape index (κ1) is 20.7. The van der Waals surface area contributed by atoms with Crippen molar-refractivity contribution in [1.82, 2.24) is 15.6 Å². The molecule has 130 valence electrons. The van der Waals surface area contributed by atoms with E-state index in [1.54, 1.807) is 12.1 Å². The highest BCUT2D eigenvalue weighted by molar-refractivity contribution is 9.10. The fourth-order valence-corrected chi connectivity index (χ4v) is 2.65. The number of hydrogen-bond acceptors (Lipinski definition) is 4. The zero-order valence-electron chi connectivity index (χ0n) is 12.7. The monoisotopic (exact) mass is 433 g/mol. The van der Waals surface area contributed by atoms with E-state index < -0.39 is 0 Å². The molecule has 0 radical (unpaired) electrons. The van der Waals surface area contributed by atoms with Crippen LogP contribution in [0.1, 0.15) is 16.8 Å². The van der Waals surface area contributed by atoms with Crippen LogP contribution in [-0.2, 0) is 0 Å². The SMILES string of the molecule is Cl.Cl.O=C(NC1CCNC1)c1ccc(Oc2cccc(Br)c2)nc1. The van der Waals surface area contributed by atoms with Crippen LogP contribution in [0.5, 0.6) is 11.6 Å². The molecule has 1 unspecified atom stereocenters. The molecule has 1 aliphatic rings. The van der Waals surface area contributed by atoms with E-state index in [9.17, 15) is 4.79 Å². The van der Waals surface area contributed by atoms with Crippen molar-refractivity contribution in [2.24, 2.45) is 0 Å². The molecule has 1 aliphatic heterocycles. The molecule has 0 saturated carbocycles. The molecule has 1 aromatic heterocycles. The van der Waals surface area contributed by atoms with Crippen molar-refractivity contribution in [3.05, 3.63) is 52.6 Å². The summed E-state index contributed by atoms with van der Waals surface area (Å²) in [5, 5.41) is 6.20. The number of carbonyl (C=O) groups excluding carboxylic acids is 1. The fourth-order valence-electron chi connectivity index (χ4n) is 2.27. The summed E-state index contributed by atoms with van der Waals surface area (Å²) < 4.78 is 6.58. The van der Waals surface area contributed by atoms with Crippen LogP contribution in [0.2, 0.25) is 0 Å². The predicted molar refractivity (Wildman–Crippen MR) is 102 cm³/mol. The number of nitrogens with zero attached hydrogens (tertiary/aromatic N) is 1. The van der Waals surface area contributed by atoms with Crippen LogP contribution in [-0.4, -0.2) is 30.0 Å². The molecule has 0 bridgehead atoms. The standard InChI is InChI=1S/C16H16BrN3O2.2ClH/c17-12-2-1-3-14(8-12)22-15-5-4-11(9-19-15)16(21)20-13-6-7-18-10-13;;/h1-5,8-9,13,18H,6-7,10H2,(H,20,21);2*1H. The second-order valence-corrected chi connectivity index (χ2v) is 6.02. The van der Waals surface area contributed by atoms with Crippen LogP contribution in [0.25, 0.3) is 0 Å². The van der Waals surface area contributed by atoms with Crippen molar-refractivity contribution in [2.75, 3.05) is 13.1 Å². The van der Waals surface area contributed by atoms with E-state index in [1.807, 2.05) is 24.3 Å². The Hall–Kier alpha value is -1.34. The van der Waals surface area contributed by atoms with Gasteiger partial charge < -0.3 is 15.4 Å². The average molecular weight is 435 g/mol. The highest BCUT2D eigenvalue weighted by Crippen LogP contribution is 2.22.